The quantitative estimate of drug-likeness (QED) is 0.405. The number of thiocarbonyl (C=S) groups is 1. The number of nitrogens with one attached hydrogen (secondary N) is 3. The Morgan fingerprint density at radius 2 is 2.20 bits per heavy atom. The van der Waals surface area contributed by atoms with Crippen LogP contribution in [0, 0.1) is 3.57 Å². The van der Waals surface area contributed by atoms with Crippen molar-refractivity contribution in [1.82, 2.24) is 16.2 Å². The summed E-state index contributed by atoms with van der Waals surface area (Å²) in [6, 6.07) is 7.36. The van der Waals surface area contributed by atoms with E-state index in [4.69, 9.17) is 17.0 Å². The van der Waals surface area contributed by atoms with Crippen LogP contribution in [0.15, 0.2) is 24.3 Å². The average molecular weight is 405 g/mol. The zero-order valence-corrected chi connectivity index (χ0v) is 13.8. The van der Waals surface area contributed by atoms with Gasteiger partial charge in [0.15, 0.2) is 5.11 Å². The van der Waals surface area contributed by atoms with E-state index in [1.54, 1.807) is 6.07 Å². The molecule has 1 aromatic carbocycles. The molecule has 0 saturated carbocycles. The maximum Gasteiger partial charge on any atom is 0.270 e. The van der Waals surface area contributed by atoms with Gasteiger partial charge in [-0.3, -0.25) is 15.6 Å². The Labute approximate surface area is 136 Å². The third-order valence-corrected chi connectivity index (χ3v) is 4.11. The van der Waals surface area contributed by atoms with E-state index < -0.39 is 0 Å². The second-order valence-electron chi connectivity index (χ2n) is 4.40. The Kier molecular flexibility index (Phi) is 5.99. The molecule has 2 rings (SSSR count). The highest BCUT2D eigenvalue weighted by atomic mass is 127. The molecule has 108 valence electrons. The molecule has 1 amide bonds. The van der Waals surface area contributed by atoms with Crippen LogP contribution in [-0.2, 0) is 4.74 Å². The summed E-state index contributed by atoms with van der Waals surface area (Å²) >= 11 is 7.22. The lowest BCUT2D eigenvalue weighted by molar-refractivity contribution is 0.0942. The minimum atomic E-state index is -0.212. The fourth-order valence-corrected chi connectivity index (χ4v) is 2.65. The Bertz CT molecular complexity index is 492. The SMILES string of the molecule is O=C(NNC(=S)NC[C@@H]1CCCO1)c1ccccc1I. The first-order valence-corrected chi connectivity index (χ1v) is 7.86. The lowest BCUT2D eigenvalue weighted by Crippen LogP contribution is -2.48. The first-order valence-electron chi connectivity index (χ1n) is 6.37. The molecule has 1 saturated heterocycles. The number of hydrogen-bond acceptors (Lipinski definition) is 3. The number of hydrazine groups is 1. The lowest BCUT2D eigenvalue weighted by atomic mass is 10.2. The Balaban J connectivity index is 1.72. The highest BCUT2D eigenvalue weighted by Gasteiger charge is 2.15. The smallest absolute Gasteiger partial charge is 0.270 e. The van der Waals surface area contributed by atoms with Crippen molar-refractivity contribution in [2.75, 3.05) is 13.2 Å². The Morgan fingerprint density at radius 1 is 1.40 bits per heavy atom. The summed E-state index contributed by atoms with van der Waals surface area (Å²) in [5.41, 5.74) is 5.88. The topological polar surface area (TPSA) is 62.4 Å². The van der Waals surface area contributed by atoms with Gasteiger partial charge in [-0.05, 0) is 59.8 Å². The van der Waals surface area contributed by atoms with Crippen LogP contribution in [-0.4, -0.2) is 30.3 Å². The minimum absolute atomic E-state index is 0.209. The van der Waals surface area contributed by atoms with Crippen LogP contribution in [0.2, 0.25) is 0 Å². The highest BCUT2D eigenvalue weighted by molar-refractivity contribution is 14.1. The molecule has 5 nitrogen and oxygen atoms in total. The van der Waals surface area contributed by atoms with Gasteiger partial charge in [-0.1, -0.05) is 12.1 Å². The molecule has 7 heteroatoms. The fourth-order valence-electron chi connectivity index (χ4n) is 1.88. The van der Waals surface area contributed by atoms with E-state index in [1.165, 1.54) is 0 Å². The summed E-state index contributed by atoms with van der Waals surface area (Å²) in [7, 11) is 0. The molecule has 1 aromatic rings. The maximum absolute atomic E-state index is 11.9. The molecule has 1 atom stereocenters. The second kappa shape index (κ2) is 7.75. The van der Waals surface area contributed by atoms with E-state index >= 15 is 0 Å². The predicted molar refractivity (Wildman–Crippen MR) is 89.3 cm³/mol. The first kappa shape index (κ1) is 15.5. The molecule has 0 unspecified atom stereocenters. The van der Waals surface area contributed by atoms with E-state index in [-0.39, 0.29) is 12.0 Å². The van der Waals surface area contributed by atoms with Gasteiger partial charge in [0.05, 0.1) is 11.7 Å². The summed E-state index contributed by atoms with van der Waals surface area (Å²) in [6.07, 6.45) is 2.35. The Morgan fingerprint density at radius 3 is 2.90 bits per heavy atom. The standard InChI is InChI=1S/C13H16IN3O2S/c14-11-6-2-1-5-10(11)12(18)16-17-13(20)15-8-9-4-3-7-19-9/h1-2,5-6,9H,3-4,7-8H2,(H,16,18)(H2,15,17,20)/t9-/m0/s1. The number of carbonyl (C=O) groups is 1. The van der Waals surface area contributed by atoms with Gasteiger partial charge in [-0.25, -0.2) is 0 Å². The molecule has 0 bridgehead atoms. The van der Waals surface area contributed by atoms with Crippen molar-refractivity contribution in [3.05, 3.63) is 33.4 Å². The molecule has 0 aliphatic carbocycles. The third-order valence-electron chi connectivity index (χ3n) is 2.92. The van der Waals surface area contributed by atoms with Gasteiger partial charge >= 0.3 is 0 Å². The molecule has 3 N–H and O–H groups in total. The van der Waals surface area contributed by atoms with E-state index in [1.807, 2.05) is 18.2 Å². The number of ether oxygens (including phenoxy) is 1. The van der Waals surface area contributed by atoms with Crippen molar-refractivity contribution >= 4 is 45.8 Å². The van der Waals surface area contributed by atoms with Gasteiger partial charge in [-0.15, -0.1) is 0 Å². The summed E-state index contributed by atoms with van der Waals surface area (Å²) in [6.45, 7) is 1.47. The van der Waals surface area contributed by atoms with Gasteiger partial charge < -0.3 is 10.1 Å². The monoisotopic (exact) mass is 405 g/mol. The fraction of sp³-hybridized carbons (Fsp3) is 0.385. The molecule has 0 spiro atoms. The molecule has 0 radical (unpaired) electrons. The summed E-state index contributed by atoms with van der Waals surface area (Å²) in [5.74, 6) is -0.212. The van der Waals surface area contributed by atoms with Crippen LogP contribution in [0.4, 0.5) is 0 Å². The molecule has 1 aliphatic rings. The van der Waals surface area contributed by atoms with Crippen LogP contribution >= 0.6 is 34.8 Å². The van der Waals surface area contributed by atoms with Crippen LogP contribution in [0.25, 0.3) is 0 Å². The number of amides is 1. The van der Waals surface area contributed by atoms with E-state index in [9.17, 15) is 4.79 Å². The summed E-state index contributed by atoms with van der Waals surface area (Å²) in [4.78, 5) is 11.9. The lowest BCUT2D eigenvalue weighted by Gasteiger charge is -2.14. The van der Waals surface area contributed by atoms with E-state index in [0.29, 0.717) is 17.2 Å². The van der Waals surface area contributed by atoms with E-state index in [2.05, 4.69) is 38.8 Å². The normalized spacial score (nSPS) is 17.6. The number of halogens is 1. The molecule has 1 heterocycles. The van der Waals surface area contributed by atoms with E-state index in [0.717, 1.165) is 23.0 Å². The molecule has 1 fully saturated rings. The maximum atomic E-state index is 11.9. The van der Waals surface area contributed by atoms with Crippen molar-refractivity contribution in [2.45, 2.75) is 18.9 Å². The zero-order chi connectivity index (χ0) is 14.4. The van der Waals surface area contributed by atoms with Gasteiger partial charge in [0.2, 0.25) is 0 Å². The van der Waals surface area contributed by atoms with Gasteiger partial charge in [-0.2, -0.15) is 0 Å². The van der Waals surface area contributed by atoms with Crippen LogP contribution in [0.1, 0.15) is 23.2 Å². The predicted octanol–water partition coefficient (Wildman–Crippen LogP) is 1.58. The molecule has 1 aliphatic heterocycles. The Hall–Kier alpha value is -0.930. The van der Waals surface area contributed by atoms with Crippen molar-refractivity contribution < 1.29 is 9.53 Å². The minimum Gasteiger partial charge on any atom is -0.376 e. The van der Waals surface area contributed by atoms with Gasteiger partial charge in [0, 0.05) is 16.7 Å². The molecular formula is C13H16IN3O2S. The van der Waals surface area contributed by atoms with Gasteiger partial charge in [0.1, 0.15) is 0 Å². The number of carbonyl (C=O) groups excluding carboxylic acids is 1. The van der Waals surface area contributed by atoms with Gasteiger partial charge in [0.25, 0.3) is 5.91 Å². The van der Waals surface area contributed by atoms with Crippen LogP contribution in [0.3, 0.4) is 0 Å². The van der Waals surface area contributed by atoms with Crippen molar-refractivity contribution in [1.29, 1.82) is 0 Å². The third kappa shape index (κ3) is 4.57. The number of rotatable bonds is 3. The second-order valence-corrected chi connectivity index (χ2v) is 5.97. The molecular weight excluding hydrogens is 389 g/mol. The molecule has 20 heavy (non-hydrogen) atoms. The summed E-state index contributed by atoms with van der Waals surface area (Å²) in [5, 5.41) is 3.41. The first-order chi connectivity index (χ1) is 9.66. The highest BCUT2D eigenvalue weighted by Crippen LogP contribution is 2.11. The summed E-state index contributed by atoms with van der Waals surface area (Å²) < 4.78 is 6.37. The van der Waals surface area contributed by atoms with Crippen molar-refractivity contribution in [2.24, 2.45) is 0 Å². The zero-order valence-electron chi connectivity index (χ0n) is 10.8. The van der Waals surface area contributed by atoms with Crippen LogP contribution in [0.5, 0.6) is 0 Å². The number of hydrogen-bond donors (Lipinski definition) is 3. The molecule has 0 aromatic heterocycles. The van der Waals surface area contributed by atoms with Crippen molar-refractivity contribution in [3.8, 4) is 0 Å². The average Bonchev–Trinajstić information content (AvgIpc) is 2.96. The largest absolute Gasteiger partial charge is 0.376 e. The number of benzene rings is 1. The van der Waals surface area contributed by atoms with Crippen molar-refractivity contribution in [3.63, 3.8) is 0 Å². The van der Waals surface area contributed by atoms with Crippen LogP contribution < -0.4 is 16.2 Å².